The van der Waals surface area contributed by atoms with Crippen LogP contribution in [-0.4, -0.2) is 5.78 Å². The Bertz CT molecular complexity index is 782. The molecule has 0 atom stereocenters. The fourth-order valence-corrected chi connectivity index (χ4v) is 2.97. The minimum atomic E-state index is 0.0819. The smallest absolute Gasteiger partial charge is 0.194 e. The van der Waals surface area contributed by atoms with E-state index in [0.717, 1.165) is 33.4 Å². The van der Waals surface area contributed by atoms with Crippen LogP contribution in [0.3, 0.4) is 0 Å². The third-order valence-corrected chi connectivity index (χ3v) is 4.18. The lowest BCUT2D eigenvalue weighted by Gasteiger charge is -2.06. The van der Waals surface area contributed by atoms with Gasteiger partial charge in [0.05, 0.1) is 0 Å². The molecule has 0 fully saturated rings. The Balaban J connectivity index is 2.11. The number of allylic oxidation sites excluding steroid dienone is 4. The Kier molecular flexibility index (Phi) is 3.52. The van der Waals surface area contributed by atoms with Crippen molar-refractivity contribution in [1.29, 1.82) is 0 Å². The van der Waals surface area contributed by atoms with Gasteiger partial charge in [0.1, 0.15) is 0 Å². The van der Waals surface area contributed by atoms with Crippen LogP contribution in [0.25, 0.3) is 11.1 Å². The van der Waals surface area contributed by atoms with Crippen LogP contribution in [0.5, 0.6) is 0 Å². The first-order valence-corrected chi connectivity index (χ1v) is 7.25. The van der Waals surface area contributed by atoms with Gasteiger partial charge in [-0.25, -0.2) is 0 Å². The molecule has 0 saturated carbocycles. The average Bonchev–Trinajstić information content (AvgIpc) is 2.70. The number of Topliss-reactive ketones (excluding diaryl/α,β-unsaturated/α-hetero) is 1. The van der Waals surface area contributed by atoms with Gasteiger partial charge in [0, 0.05) is 16.2 Å². The summed E-state index contributed by atoms with van der Waals surface area (Å²) in [6.07, 6.45) is 0. The Hall–Kier alpha value is -2.12. The van der Waals surface area contributed by atoms with E-state index in [2.05, 4.69) is 0 Å². The van der Waals surface area contributed by atoms with Gasteiger partial charge in [-0.2, -0.15) is 0 Å². The first-order valence-electron chi connectivity index (χ1n) is 6.88. The molecule has 0 saturated heterocycles. The molecule has 104 valence electrons. The van der Waals surface area contributed by atoms with E-state index in [1.165, 1.54) is 0 Å². The molecule has 1 nitrogen and oxygen atoms in total. The summed E-state index contributed by atoms with van der Waals surface area (Å²) in [6.45, 7) is 4.01. The van der Waals surface area contributed by atoms with Crippen LogP contribution in [0.15, 0.2) is 65.7 Å². The fraction of sp³-hybridized carbons (Fsp3) is 0.105. The number of benzene rings is 2. The van der Waals surface area contributed by atoms with E-state index in [-0.39, 0.29) is 5.78 Å². The number of halogens is 1. The average molecular weight is 295 g/mol. The monoisotopic (exact) mass is 294 g/mol. The van der Waals surface area contributed by atoms with Crippen molar-refractivity contribution >= 4 is 28.5 Å². The van der Waals surface area contributed by atoms with Gasteiger partial charge in [-0.3, -0.25) is 4.79 Å². The van der Waals surface area contributed by atoms with Gasteiger partial charge in [-0.05, 0) is 48.3 Å². The van der Waals surface area contributed by atoms with Crippen molar-refractivity contribution in [2.75, 3.05) is 0 Å². The third-order valence-electron chi connectivity index (χ3n) is 3.94. The van der Waals surface area contributed by atoms with Crippen LogP contribution in [-0.2, 0) is 4.79 Å². The molecule has 0 heterocycles. The molecular weight excluding hydrogens is 280 g/mol. The largest absolute Gasteiger partial charge is 0.289 e. The van der Waals surface area contributed by atoms with Crippen LogP contribution in [0.4, 0.5) is 0 Å². The van der Waals surface area contributed by atoms with E-state index in [1.54, 1.807) is 0 Å². The Morgan fingerprint density at radius 3 is 1.95 bits per heavy atom. The number of ketones is 1. The predicted molar refractivity (Wildman–Crippen MR) is 88.1 cm³/mol. The minimum Gasteiger partial charge on any atom is -0.289 e. The quantitative estimate of drug-likeness (QED) is 0.747. The molecule has 2 heteroatoms. The van der Waals surface area contributed by atoms with Gasteiger partial charge in [-0.1, -0.05) is 54.1 Å². The highest BCUT2D eigenvalue weighted by atomic mass is 35.5. The molecule has 1 aliphatic carbocycles. The zero-order chi connectivity index (χ0) is 15.0. The van der Waals surface area contributed by atoms with E-state index in [1.807, 2.05) is 68.4 Å². The standard InChI is InChI=1S/C19H15ClO/c1-12-13(2)18(15-9-6-10-16(20)11-15)19(21)17(12)14-7-4-3-5-8-14/h3-11H,1-2H3. The predicted octanol–water partition coefficient (Wildman–Crippen LogP) is 5.17. The summed E-state index contributed by atoms with van der Waals surface area (Å²) in [4.78, 5) is 12.9. The molecule has 0 amide bonds. The molecule has 0 aromatic heterocycles. The van der Waals surface area contributed by atoms with Crippen molar-refractivity contribution in [1.82, 2.24) is 0 Å². The van der Waals surface area contributed by atoms with Crippen molar-refractivity contribution in [2.24, 2.45) is 0 Å². The van der Waals surface area contributed by atoms with E-state index in [9.17, 15) is 4.79 Å². The molecule has 21 heavy (non-hydrogen) atoms. The second-order valence-electron chi connectivity index (χ2n) is 5.21. The normalized spacial score (nSPS) is 15.1. The fourth-order valence-electron chi connectivity index (χ4n) is 2.78. The molecule has 0 unspecified atom stereocenters. The Labute approximate surface area is 129 Å². The number of hydrogen-bond donors (Lipinski definition) is 0. The summed E-state index contributed by atoms with van der Waals surface area (Å²) in [5, 5.41) is 0.645. The van der Waals surface area contributed by atoms with Crippen molar-refractivity contribution in [3.05, 3.63) is 81.9 Å². The molecule has 0 bridgehead atoms. The van der Waals surface area contributed by atoms with E-state index >= 15 is 0 Å². The lowest BCUT2D eigenvalue weighted by Crippen LogP contribution is -2.01. The molecule has 0 N–H and O–H groups in total. The summed E-state index contributed by atoms with van der Waals surface area (Å²) in [5.74, 6) is 0.0819. The molecule has 0 aliphatic heterocycles. The van der Waals surface area contributed by atoms with E-state index in [0.29, 0.717) is 5.02 Å². The number of hydrogen-bond acceptors (Lipinski definition) is 1. The molecule has 2 aromatic carbocycles. The topological polar surface area (TPSA) is 17.1 Å². The van der Waals surface area contributed by atoms with Crippen molar-refractivity contribution in [3.63, 3.8) is 0 Å². The van der Waals surface area contributed by atoms with Gasteiger partial charge in [-0.15, -0.1) is 0 Å². The lowest BCUT2D eigenvalue weighted by molar-refractivity contribution is -0.108. The minimum absolute atomic E-state index is 0.0819. The number of carbonyl (C=O) groups is 1. The molecule has 2 aromatic rings. The Morgan fingerprint density at radius 1 is 0.762 bits per heavy atom. The second-order valence-corrected chi connectivity index (χ2v) is 5.64. The molecule has 3 rings (SSSR count). The summed E-state index contributed by atoms with van der Waals surface area (Å²) in [5.41, 5.74) is 5.48. The third kappa shape index (κ3) is 2.34. The van der Waals surface area contributed by atoms with Crippen molar-refractivity contribution in [3.8, 4) is 0 Å². The highest BCUT2D eigenvalue weighted by Gasteiger charge is 2.29. The highest BCUT2D eigenvalue weighted by molar-refractivity contribution is 6.47. The SMILES string of the molecule is CC1=C(c2ccccc2)C(=O)C(c2cccc(Cl)c2)=C1C. The van der Waals surface area contributed by atoms with Gasteiger partial charge < -0.3 is 0 Å². The van der Waals surface area contributed by atoms with Crippen LogP contribution in [0, 0.1) is 0 Å². The van der Waals surface area contributed by atoms with Crippen LogP contribution >= 0.6 is 11.6 Å². The van der Waals surface area contributed by atoms with E-state index in [4.69, 9.17) is 11.6 Å². The zero-order valence-electron chi connectivity index (χ0n) is 12.0. The highest BCUT2D eigenvalue weighted by Crippen LogP contribution is 2.40. The molecular formula is C19H15ClO. The van der Waals surface area contributed by atoms with Gasteiger partial charge in [0.15, 0.2) is 5.78 Å². The number of carbonyl (C=O) groups excluding carboxylic acids is 1. The summed E-state index contributed by atoms with van der Waals surface area (Å²) in [7, 11) is 0. The summed E-state index contributed by atoms with van der Waals surface area (Å²) < 4.78 is 0. The van der Waals surface area contributed by atoms with Gasteiger partial charge in [0.25, 0.3) is 0 Å². The van der Waals surface area contributed by atoms with Crippen LogP contribution in [0.1, 0.15) is 25.0 Å². The van der Waals surface area contributed by atoms with Gasteiger partial charge >= 0.3 is 0 Å². The molecule has 0 radical (unpaired) electrons. The maximum atomic E-state index is 12.9. The first-order chi connectivity index (χ1) is 10.1. The zero-order valence-corrected chi connectivity index (χ0v) is 12.7. The summed E-state index contributed by atoms with van der Waals surface area (Å²) in [6, 6.07) is 17.3. The maximum absolute atomic E-state index is 12.9. The summed E-state index contributed by atoms with van der Waals surface area (Å²) >= 11 is 6.06. The molecule has 0 spiro atoms. The van der Waals surface area contributed by atoms with Crippen LogP contribution in [0.2, 0.25) is 5.02 Å². The number of rotatable bonds is 2. The second kappa shape index (κ2) is 5.34. The molecule has 1 aliphatic rings. The van der Waals surface area contributed by atoms with Gasteiger partial charge in [0.2, 0.25) is 0 Å². The van der Waals surface area contributed by atoms with Crippen molar-refractivity contribution in [2.45, 2.75) is 13.8 Å². The lowest BCUT2D eigenvalue weighted by atomic mass is 9.96. The first kappa shape index (κ1) is 13.8. The maximum Gasteiger partial charge on any atom is 0.194 e. The van der Waals surface area contributed by atoms with E-state index < -0.39 is 0 Å². The van der Waals surface area contributed by atoms with Crippen molar-refractivity contribution < 1.29 is 4.79 Å². The Morgan fingerprint density at radius 2 is 1.33 bits per heavy atom. The van der Waals surface area contributed by atoms with Crippen LogP contribution < -0.4 is 0 Å².